The van der Waals surface area contributed by atoms with Gasteiger partial charge in [0.2, 0.25) is 0 Å². The van der Waals surface area contributed by atoms with Crippen molar-refractivity contribution in [2.75, 3.05) is 37.4 Å². The van der Waals surface area contributed by atoms with Gasteiger partial charge in [-0.25, -0.2) is 4.79 Å². The fourth-order valence-electron chi connectivity index (χ4n) is 3.33. The number of esters is 1. The van der Waals surface area contributed by atoms with Crippen molar-refractivity contribution in [3.05, 3.63) is 70.4 Å². The highest BCUT2D eigenvalue weighted by Gasteiger charge is 2.34. The largest absolute Gasteiger partial charge is 0.466 e. The number of hydrogen-bond donors (Lipinski definition) is 3. The van der Waals surface area contributed by atoms with E-state index in [1.807, 2.05) is 32.0 Å². The minimum atomic E-state index is -0.645. The molecule has 3 rings (SSSR count). The molecule has 0 fully saturated rings. The van der Waals surface area contributed by atoms with Crippen molar-refractivity contribution >= 4 is 29.2 Å². The van der Waals surface area contributed by atoms with Gasteiger partial charge in [0, 0.05) is 12.2 Å². The van der Waals surface area contributed by atoms with Gasteiger partial charge in [-0.1, -0.05) is 24.3 Å². The first-order chi connectivity index (χ1) is 14.8. The average molecular weight is 423 g/mol. The van der Waals surface area contributed by atoms with Crippen LogP contribution in [0.15, 0.2) is 53.7 Å². The van der Waals surface area contributed by atoms with E-state index in [1.165, 1.54) is 12.0 Å². The molecule has 0 aliphatic carbocycles. The van der Waals surface area contributed by atoms with Crippen LogP contribution in [0.5, 0.6) is 0 Å². The molecule has 1 aliphatic rings. The Morgan fingerprint density at radius 1 is 1.13 bits per heavy atom. The maximum atomic E-state index is 13.0. The summed E-state index contributed by atoms with van der Waals surface area (Å²) in [5, 5.41) is 15.1. The zero-order valence-corrected chi connectivity index (χ0v) is 17.7. The number of aliphatic hydroxyl groups excluding tert-OH is 1. The maximum Gasteiger partial charge on any atom is 0.337 e. The summed E-state index contributed by atoms with van der Waals surface area (Å²) in [6, 6.07) is 12.5. The van der Waals surface area contributed by atoms with E-state index in [-0.39, 0.29) is 36.9 Å². The number of aliphatic hydroxyl groups is 1. The van der Waals surface area contributed by atoms with E-state index in [4.69, 9.17) is 4.74 Å². The second-order valence-electron chi connectivity index (χ2n) is 7.24. The fraction of sp³-hybridized carbons (Fsp3) is 0.261. The van der Waals surface area contributed by atoms with E-state index < -0.39 is 11.9 Å². The number of anilines is 2. The summed E-state index contributed by atoms with van der Waals surface area (Å²) >= 11 is 0. The molecule has 162 valence electrons. The summed E-state index contributed by atoms with van der Waals surface area (Å²) in [6.45, 7) is 3.71. The van der Waals surface area contributed by atoms with Gasteiger partial charge in [-0.05, 0) is 43.2 Å². The number of aryl methyl sites for hydroxylation is 2. The number of hydrogen-bond acceptors (Lipinski definition) is 6. The normalized spacial score (nSPS) is 13.4. The molecule has 0 spiro atoms. The third-order valence-corrected chi connectivity index (χ3v) is 5.03. The van der Waals surface area contributed by atoms with Crippen LogP contribution >= 0.6 is 0 Å². The molecule has 2 aromatic carbocycles. The van der Waals surface area contributed by atoms with Crippen LogP contribution in [0.1, 0.15) is 21.5 Å². The molecule has 31 heavy (non-hydrogen) atoms. The van der Waals surface area contributed by atoms with E-state index in [2.05, 4.69) is 10.6 Å². The van der Waals surface area contributed by atoms with Crippen molar-refractivity contribution in [2.45, 2.75) is 13.8 Å². The molecule has 2 amide bonds. The maximum absolute atomic E-state index is 13.0. The fourth-order valence-corrected chi connectivity index (χ4v) is 3.33. The van der Waals surface area contributed by atoms with Crippen LogP contribution in [0.3, 0.4) is 0 Å². The van der Waals surface area contributed by atoms with Crippen molar-refractivity contribution in [3.8, 4) is 0 Å². The number of nitrogens with zero attached hydrogens (tertiary/aromatic N) is 1. The molecule has 2 aromatic rings. The number of methoxy groups -OCH3 is 1. The molecular weight excluding hydrogens is 398 g/mol. The van der Waals surface area contributed by atoms with E-state index in [0.717, 1.165) is 11.1 Å². The Labute approximate surface area is 180 Å². The molecule has 8 nitrogen and oxygen atoms in total. The first-order valence-electron chi connectivity index (χ1n) is 9.82. The first kappa shape index (κ1) is 22.0. The number of amides is 2. The number of β-amino-alcohol motifs (C(OH)–C–C–N with tert-alkyl or cyclic N) is 1. The van der Waals surface area contributed by atoms with Gasteiger partial charge in [0.1, 0.15) is 5.70 Å². The van der Waals surface area contributed by atoms with Crippen molar-refractivity contribution in [2.24, 2.45) is 0 Å². The zero-order chi connectivity index (χ0) is 22.5. The lowest BCUT2D eigenvalue weighted by molar-refractivity contribution is -0.136. The summed E-state index contributed by atoms with van der Waals surface area (Å²) in [6.07, 6.45) is 0. The zero-order valence-electron chi connectivity index (χ0n) is 17.7. The Morgan fingerprint density at radius 3 is 2.58 bits per heavy atom. The van der Waals surface area contributed by atoms with Gasteiger partial charge in [0.15, 0.2) is 0 Å². The van der Waals surface area contributed by atoms with Gasteiger partial charge in [0.05, 0.1) is 37.1 Å². The minimum Gasteiger partial charge on any atom is -0.466 e. The minimum absolute atomic E-state index is 0.0191. The van der Waals surface area contributed by atoms with Crippen molar-refractivity contribution in [1.82, 2.24) is 4.90 Å². The predicted octanol–water partition coefficient (Wildman–Crippen LogP) is 2.23. The molecule has 1 heterocycles. The highest BCUT2D eigenvalue weighted by Crippen LogP contribution is 2.26. The highest BCUT2D eigenvalue weighted by atomic mass is 16.5. The third kappa shape index (κ3) is 4.75. The van der Waals surface area contributed by atoms with Gasteiger partial charge < -0.3 is 25.4 Å². The lowest BCUT2D eigenvalue weighted by Gasteiger charge is -2.16. The number of ether oxygens (including phenoxy) is 1. The van der Waals surface area contributed by atoms with Gasteiger partial charge in [-0.2, -0.15) is 0 Å². The molecule has 0 radical (unpaired) electrons. The third-order valence-electron chi connectivity index (χ3n) is 5.03. The lowest BCUT2D eigenvalue weighted by atomic mass is 10.1. The Morgan fingerprint density at radius 2 is 1.87 bits per heavy atom. The summed E-state index contributed by atoms with van der Waals surface area (Å²) in [5.41, 5.74) is 3.50. The SMILES string of the molecule is COC(=O)C1=C(Nc2ccccc2C(=O)Nc2cc(C)ccc2C)C(=O)N(CCO)C1. The van der Waals surface area contributed by atoms with Crippen molar-refractivity contribution < 1.29 is 24.2 Å². The second kappa shape index (κ2) is 9.44. The molecule has 3 N–H and O–H groups in total. The summed E-state index contributed by atoms with van der Waals surface area (Å²) < 4.78 is 4.80. The van der Waals surface area contributed by atoms with Crippen LogP contribution in [0.2, 0.25) is 0 Å². The molecule has 0 saturated heterocycles. The van der Waals surface area contributed by atoms with E-state index in [9.17, 15) is 19.5 Å². The number of nitrogens with one attached hydrogen (secondary N) is 2. The van der Waals surface area contributed by atoms with Gasteiger partial charge in [-0.15, -0.1) is 0 Å². The molecule has 0 bridgehead atoms. The number of carbonyl (C=O) groups excluding carboxylic acids is 3. The van der Waals surface area contributed by atoms with Crippen LogP contribution in [-0.4, -0.2) is 54.6 Å². The quantitative estimate of drug-likeness (QED) is 0.590. The van der Waals surface area contributed by atoms with Gasteiger partial charge in [-0.3, -0.25) is 9.59 Å². The van der Waals surface area contributed by atoms with Gasteiger partial charge in [0.25, 0.3) is 11.8 Å². The topological polar surface area (TPSA) is 108 Å². The summed E-state index contributed by atoms with van der Waals surface area (Å²) in [7, 11) is 1.23. The Balaban J connectivity index is 1.92. The molecule has 8 heteroatoms. The molecule has 0 unspecified atom stereocenters. The number of benzene rings is 2. The first-order valence-corrected chi connectivity index (χ1v) is 9.82. The standard InChI is InChI=1S/C23H25N3O5/c1-14-8-9-15(2)19(12-14)25-21(28)16-6-4-5-7-18(16)24-20-17(23(30)31-3)13-26(10-11-27)22(20)29/h4-9,12,24,27H,10-11,13H2,1-3H3,(H,25,28). The lowest BCUT2D eigenvalue weighted by Crippen LogP contribution is -2.31. The molecule has 0 saturated carbocycles. The monoisotopic (exact) mass is 423 g/mol. The molecular formula is C23H25N3O5. The predicted molar refractivity (Wildman–Crippen MR) is 117 cm³/mol. The van der Waals surface area contributed by atoms with E-state index in [0.29, 0.717) is 16.9 Å². The number of carbonyl (C=O) groups is 3. The van der Waals surface area contributed by atoms with Crippen molar-refractivity contribution in [3.63, 3.8) is 0 Å². The molecule has 1 aliphatic heterocycles. The van der Waals surface area contributed by atoms with Crippen LogP contribution < -0.4 is 10.6 Å². The van der Waals surface area contributed by atoms with Crippen LogP contribution in [0.25, 0.3) is 0 Å². The van der Waals surface area contributed by atoms with Gasteiger partial charge >= 0.3 is 5.97 Å². The highest BCUT2D eigenvalue weighted by molar-refractivity contribution is 6.12. The Kier molecular flexibility index (Phi) is 6.71. The Bertz CT molecular complexity index is 1060. The van der Waals surface area contributed by atoms with Crippen LogP contribution in [0, 0.1) is 13.8 Å². The van der Waals surface area contributed by atoms with Crippen LogP contribution in [0.4, 0.5) is 11.4 Å². The van der Waals surface area contributed by atoms with E-state index >= 15 is 0 Å². The summed E-state index contributed by atoms with van der Waals surface area (Å²) in [4.78, 5) is 39.3. The summed E-state index contributed by atoms with van der Waals surface area (Å²) in [5.74, 6) is -1.44. The second-order valence-corrected chi connectivity index (χ2v) is 7.24. The van der Waals surface area contributed by atoms with Crippen molar-refractivity contribution in [1.29, 1.82) is 0 Å². The smallest absolute Gasteiger partial charge is 0.337 e. The Hall–Kier alpha value is -3.65. The molecule has 0 atom stereocenters. The van der Waals surface area contributed by atoms with E-state index in [1.54, 1.807) is 24.3 Å². The number of para-hydroxylation sites is 1. The molecule has 0 aromatic heterocycles. The van der Waals surface area contributed by atoms with Crippen LogP contribution in [-0.2, 0) is 14.3 Å². The number of rotatable bonds is 7. The average Bonchev–Trinajstić information content (AvgIpc) is 3.06.